The molecule has 1 aromatic rings. The third kappa shape index (κ3) is 3.62. The number of nitrogens with one attached hydrogen (secondary N) is 1. The Morgan fingerprint density at radius 2 is 2.29 bits per heavy atom. The average Bonchev–Trinajstić information content (AvgIpc) is 2.77. The molecule has 1 atom stereocenters. The fourth-order valence-corrected chi connectivity index (χ4v) is 2.76. The van der Waals surface area contributed by atoms with Crippen LogP contribution >= 0.6 is 0 Å². The van der Waals surface area contributed by atoms with E-state index in [1.165, 1.54) is 12.1 Å². The molecule has 1 fully saturated rings. The van der Waals surface area contributed by atoms with Crippen LogP contribution in [0.25, 0.3) is 0 Å². The molecule has 3 N–H and O–H groups in total. The highest BCUT2D eigenvalue weighted by atomic mass is 19.1. The Bertz CT molecular complexity index is 599. The molecule has 1 unspecified atom stereocenters. The maximum absolute atomic E-state index is 13.9. The highest BCUT2D eigenvalue weighted by molar-refractivity contribution is 5.95. The van der Waals surface area contributed by atoms with Gasteiger partial charge in [-0.3, -0.25) is 4.79 Å². The Morgan fingerprint density at radius 1 is 1.52 bits per heavy atom. The maximum atomic E-state index is 13.9. The lowest BCUT2D eigenvalue weighted by atomic mass is 9.87. The molecule has 1 saturated carbocycles. The van der Waals surface area contributed by atoms with Crippen molar-refractivity contribution >= 4 is 5.91 Å². The zero-order chi connectivity index (χ0) is 15.5. The summed E-state index contributed by atoms with van der Waals surface area (Å²) in [6.45, 7) is 4.49. The Labute approximate surface area is 125 Å². The van der Waals surface area contributed by atoms with Crippen molar-refractivity contribution in [3.8, 4) is 11.8 Å². The second-order valence-corrected chi connectivity index (χ2v) is 6.11. The lowest BCUT2D eigenvalue weighted by Gasteiger charge is -2.27. The maximum Gasteiger partial charge on any atom is 0.254 e. The molecule has 3 nitrogen and oxygen atoms in total. The lowest BCUT2D eigenvalue weighted by molar-refractivity contribution is 0.0906. The van der Waals surface area contributed by atoms with Crippen LogP contribution in [0.1, 0.15) is 49.0 Å². The number of rotatable bonds is 2. The van der Waals surface area contributed by atoms with Crippen LogP contribution in [0, 0.1) is 23.1 Å². The molecular weight excluding hydrogens is 267 g/mol. The van der Waals surface area contributed by atoms with Crippen LogP contribution < -0.4 is 11.1 Å². The van der Waals surface area contributed by atoms with Crippen molar-refractivity contribution in [3.05, 3.63) is 35.1 Å². The first-order chi connectivity index (χ1) is 9.94. The molecule has 0 aliphatic heterocycles. The molecule has 112 valence electrons. The summed E-state index contributed by atoms with van der Waals surface area (Å²) in [5.74, 6) is 4.62. The fraction of sp³-hybridized carbons (Fsp3) is 0.471. The van der Waals surface area contributed by atoms with Crippen LogP contribution in [0.5, 0.6) is 0 Å². The molecule has 0 spiro atoms. The molecule has 0 heterocycles. The van der Waals surface area contributed by atoms with Gasteiger partial charge in [0, 0.05) is 11.6 Å². The Kier molecular flexibility index (Phi) is 4.64. The van der Waals surface area contributed by atoms with Gasteiger partial charge < -0.3 is 11.1 Å². The summed E-state index contributed by atoms with van der Waals surface area (Å²) in [7, 11) is 0. The Morgan fingerprint density at radius 3 is 2.90 bits per heavy atom. The normalized spacial score (nSPS) is 19.7. The summed E-state index contributed by atoms with van der Waals surface area (Å²) >= 11 is 0. The smallest absolute Gasteiger partial charge is 0.254 e. The van der Waals surface area contributed by atoms with E-state index in [0.29, 0.717) is 5.56 Å². The number of carbonyl (C=O) groups excluding carboxylic acids is 1. The number of hydrogen-bond acceptors (Lipinski definition) is 2. The van der Waals surface area contributed by atoms with Crippen molar-refractivity contribution in [2.75, 3.05) is 6.54 Å². The van der Waals surface area contributed by atoms with Crippen molar-refractivity contribution in [1.29, 1.82) is 0 Å². The molecule has 0 aromatic heterocycles. The van der Waals surface area contributed by atoms with Gasteiger partial charge in [-0.15, -0.1) is 0 Å². The Hall–Kier alpha value is -1.86. The number of halogens is 1. The minimum absolute atomic E-state index is 0.0431. The molecule has 0 bridgehead atoms. The van der Waals surface area contributed by atoms with E-state index in [2.05, 4.69) is 31.0 Å². The predicted octanol–water partition coefficient (Wildman–Crippen LogP) is 2.44. The van der Waals surface area contributed by atoms with Crippen LogP contribution in [-0.2, 0) is 0 Å². The first-order valence-electron chi connectivity index (χ1n) is 7.23. The zero-order valence-electron chi connectivity index (χ0n) is 12.5. The summed E-state index contributed by atoms with van der Waals surface area (Å²) in [6, 6.07) is 4.39. The number of hydrogen-bond donors (Lipinski definition) is 2. The minimum atomic E-state index is -0.526. The van der Waals surface area contributed by atoms with Gasteiger partial charge in [0.2, 0.25) is 0 Å². The van der Waals surface area contributed by atoms with Gasteiger partial charge in [0.25, 0.3) is 5.91 Å². The summed E-state index contributed by atoms with van der Waals surface area (Å²) in [4.78, 5) is 12.3. The summed E-state index contributed by atoms with van der Waals surface area (Å²) in [5.41, 5.74) is 6.01. The van der Waals surface area contributed by atoms with E-state index >= 15 is 0 Å². The second kappa shape index (κ2) is 6.28. The molecule has 1 aliphatic carbocycles. The van der Waals surface area contributed by atoms with Gasteiger partial charge in [0.1, 0.15) is 5.82 Å². The Balaban J connectivity index is 2.19. The molecule has 1 amide bonds. The molecule has 1 aromatic carbocycles. The summed E-state index contributed by atoms with van der Waals surface area (Å²) < 4.78 is 13.9. The average molecular weight is 288 g/mol. The number of benzene rings is 1. The first-order valence-corrected chi connectivity index (χ1v) is 7.23. The SMILES string of the molecule is CC1(C)CCCC1NC(=O)c1cc(C#CCN)ccc1F. The molecule has 1 aliphatic rings. The van der Waals surface area contributed by atoms with E-state index in [1.807, 2.05) is 0 Å². The van der Waals surface area contributed by atoms with Crippen LogP contribution in [0.3, 0.4) is 0 Å². The van der Waals surface area contributed by atoms with Crippen molar-refractivity contribution in [1.82, 2.24) is 5.32 Å². The van der Waals surface area contributed by atoms with Crippen LogP contribution in [0.15, 0.2) is 18.2 Å². The first kappa shape index (κ1) is 15.5. The number of amides is 1. The summed E-state index contributed by atoms with van der Waals surface area (Å²) in [6.07, 6.45) is 3.10. The van der Waals surface area contributed by atoms with Crippen LogP contribution in [-0.4, -0.2) is 18.5 Å². The third-order valence-corrected chi connectivity index (χ3v) is 4.11. The molecule has 0 saturated heterocycles. The van der Waals surface area contributed by atoms with Crippen molar-refractivity contribution < 1.29 is 9.18 Å². The molecule has 21 heavy (non-hydrogen) atoms. The molecule has 4 heteroatoms. The third-order valence-electron chi connectivity index (χ3n) is 4.11. The van der Waals surface area contributed by atoms with Crippen molar-refractivity contribution in [3.63, 3.8) is 0 Å². The van der Waals surface area contributed by atoms with E-state index < -0.39 is 5.82 Å². The number of carbonyl (C=O) groups is 1. The predicted molar refractivity (Wildman–Crippen MR) is 81.2 cm³/mol. The van der Waals surface area contributed by atoms with E-state index in [4.69, 9.17) is 5.73 Å². The minimum Gasteiger partial charge on any atom is -0.349 e. The molecule has 0 radical (unpaired) electrons. The monoisotopic (exact) mass is 288 g/mol. The molecule has 2 rings (SSSR count). The zero-order valence-corrected chi connectivity index (χ0v) is 12.5. The van der Waals surface area contributed by atoms with E-state index in [-0.39, 0.29) is 29.5 Å². The quantitative estimate of drug-likeness (QED) is 0.821. The number of nitrogens with two attached hydrogens (primary N) is 1. The highest BCUT2D eigenvalue weighted by Gasteiger charge is 2.35. The van der Waals surface area contributed by atoms with E-state index in [9.17, 15) is 9.18 Å². The topological polar surface area (TPSA) is 55.1 Å². The van der Waals surface area contributed by atoms with Crippen molar-refractivity contribution in [2.24, 2.45) is 11.1 Å². The van der Waals surface area contributed by atoms with Crippen LogP contribution in [0.2, 0.25) is 0 Å². The van der Waals surface area contributed by atoms with Gasteiger partial charge >= 0.3 is 0 Å². The fourth-order valence-electron chi connectivity index (χ4n) is 2.76. The standard InChI is InChI=1S/C17H21FN2O/c1-17(2)9-3-6-15(17)20-16(21)13-11-12(5-4-10-19)7-8-14(13)18/h7-8,11,15H,3,6,9-10,19H2,1-2H3,(H,20,21). The highest BCUT2D eigenvalue weighted by Crippen LogP contribution is 2.37. The largest absolute Gasteiger partial charge is 0.349 e. The van der Waals surface area contributed by atoms with Gasteiger partial charge in [-0.05, 0) is 36.5 Å². The van der Waals surface area contributed by atoms with Gasteiger partial charge in [0.15, 0.2) is 0 Å². The lowest BCUT2D eigenvalue weighted by Crippen LogP contribution is -2.41. The van der Waals surface area contributed by atoms with Gasteiger partial charge in [0.05, 0.1) is 12.1 Å². The van der Waals surface area contributed by atoms with Gasteiger partial charge in [-0.1, -0.05) is 32.1 Å². The van der Waals surface area contributed by atoms with Gasteiger partial charge in [-0.25, -0.2) is 4.39 Å². The molecular formula is C17H21FN2O. The van der Waals surface area contributed by atoms with Crippen LogP contribution in [0.4, 0.5) is 4.39 Å². The van der Waals surface area contributed by atoms with Crippen molar-refractivity contribution in [2.45, 2.75) is 39.2 Å². The van der Waals surface area contributed by atoms with E-state index in [1.54, 1.807) is 6.07 Å². The van der Waals surface area contributed by atoms with Gasteiger partial charge in [-0.2, -0.15) is 0 Å². The van der Waals surface area contributed by atoms with E-state index in [0.717, 1.165) is 19.3 Å². The second-order valence-electron chi connectivity index (χ2n) is 6.11. The summed E-state index contributed by atoms with van der Waals surface area (Å²) in [5, 5.41) is 2.96.